The lowest BCUT2D eigenvalue weighted by Crippen LogP contribution is -2.46. The van der Waals surface area contributed by atoms with Crippen LogP contribution in [0.15, 0.2) is 35.2 Å². The number of aromatic nitrogens is 2. The van der Waals surface area contributed by atoms with Crippen molar-refractivity contribution < 1.29 is 17.2 Å². The summed E-state index contributed by atoms with van der Waals surface area (Å²) in [5, 5.41) is 0. The first-order chi connectivity index (χ1) is 13.7. The molecule has 1 aliphatic heterocycles. The van der Waals surface area contributed by atoms with Gasteiger partial charge >= 0.3 is 5.76 Å². The van der Waals surface area contributed by atoms with Gasteiger partial charge in [0.2, 0.25) is 9.84 Å². The van der Waals surface area contributed by atoms with Crippen LogP contribution in [0.5, 0.6) is 0 Å². The summed E-state index contributed by atoms with van der Waals surface area (Å²) in [6.45, 7) is 10.1. The average molecular weight is 425 g/mol. The van der Waals surface area contributed by atoms with Crippen molar-refractivity contribution >= 4 is 15.7 Å². The van der Waals surface area contributed by atoms with Gasteiger partial charge in [0.1, 0.15) is 11.6 Å². The van der Waals surface area contributed by atoms with Gasteiger partial charge in [-0.3, -0.25) is 4.90 Å². The van der Waals surface area contributed by atoms with Crippen molar-refractivity contribution in [3.05, 3.63) is 47.4 Å². The first kappa shape index (κ1) is 21.6. The highest BCUT2D eigenvalue weighted by Gasteiger charge is 2.26. The van der Waals surface area contributed by atoms with Gasteiger partial charge in [-0.05, 0) is 24.6 Å². The van der Waals surface area contributed by atoms with Crippen LogP contribution in [0.4, 0.5) is 14.6 Å². The van der Waals surface area contributed by atoms with E-state index in [-0.39, 0.29) is 10.8 Å². The Morgan fingerprint density at radius 3 is 2.21 bits per heavy atom. The van der Waals surface area contributed by atoms with Crippen molar-refractivity contribution in [3.63, 3.8) is 0 Å². The Bertz CT molecular complexity index is 941. The van der Waals surface area contributed by atoms with Gasteiger partial charge in [-0.1, -0.05) is 26.0 Å². The summed E-state index contributed by atoms with van der Waals surface area (Å²) in [5.41, 5.74) is 1.85. The predicted octanol–water partition coefficient (Wildman–Crippen LogP) is 3.23. The molecule has 0 atom stereocenters. The molecule has 29 heavy (non-hydrogen) atoms. The van der Waals surface area contributed by atoms with Gasteiger partial charge in [0.15, 0.2) is 0 Å². The summed E-state index contributed by atoms with van der Waals surface area (Å²) >= 11 is 0. The van der Waals surface area contributed by atoms with Crippen LogP contribution >= 0.6 is 0 Å². The van der Waals surface area contributed by atoms with Gasteiger partial charge < -0.3 is 4.90 Å². The third kappa shape index (κ3) is 5.08. The molecule has 0 amide bonds. The van der Waals surface area contributed by atoms with Gasteiger partial charge in [-0.15, -0.1) is 0 Å². The molecular formula is C20H26F2N4O2S. The van der Waals surface area contributed by atoms with Gasteiger partial charge in [-0.2, -0.15) is 8.78 Å². The minimum absolute atomic E-state index is 0.270. The van der Waals surface area contributed by atoms with E-state index in [4.69, 9.17) is 4.98 Å². The number of benzene rings is 1. The molecule has 0 saturated carbocycles. The lowest BCUT2D eigenvalue weighted by atomic mass is 10.2. The molecule has 2 aromatic rings. The number of halogens is 2. The minimum atomic E-state index is -4.54. The molecule has 1 aromatic heterocycles. The number of hydrogen-bond donors (Lipinski definition) is 0. The molecule has 0 spiro atoms. The summed E-state index contributed by atoms with van der Waals surface area (Å²) < 4.78 is 48.3. The summed E-state index contributed by atoms with van der Waals surface area (Å²) in [4.78, 5) is 13.3. The maximum Gasteiger partial charge on any atom is 0.341 e. The zero-order valence-electron chi connectivity index (χ0n) is 16.8. The Morgan fingerprint density at radius 2 is 1.66 bits per heavy atom. The second-order valence-corrected chi connectivity index (χ2v) is 9.51. The van der Waals surface area contributed by atoms with E-state index in [1.165, 1.54) is 12.1 Å². The van der Waals surface area contributed by atoms with E-state index in [2.05, 4.69) is 28.6 Å². The van der Waals surface area contributed by atoms with E-state index in [1.54, 1.807) is 12.1 Å². The van der Waals surface area contributed by atoms with Crippen LogP contribution in [0.1, 0.15) is 36.8 Å². The normalized spacial score (nSPS) is 16.0. The molecule has 1 saturated heterocycles. The lowest BCUT2D eigenvalue weighted by Gasteiger charge is -2.35. The van der Waals surface area contributed by atoms with Crippen molar-refractivity contribution in [3.8, 4) is 0 Å². The van der Waals surface area contributed by atoms with Gasteiger partial charge in [0.25, 0.3) is 0 Å². The highest BCUT2D eigenvalue weighted by atomic mass is 32.2. The third-order valence-electron chi connectivity index (χ3n) is 4.96. The smallest absolute Gasteiger partial charge is 0.341 e. The Kier molecular flexibility index (Phi) is 6.48. The molecule has 0 radical (unpaired) electrons. The van der Waals surface area contributed by atoms with Crippen LogP contribution in [0.2, 0.25) is 0 Å². The summed E-state index contributed by atoms with van der Waals surface area (Å²) in [5.74, 6) is -1.33. The SMILES string of the molecule is Cc1cc(N2CCN(Cc3ccc(S(=O)(=O)C(F)F)cc3)CC2)nc(C(C)C)n1. The van der Waals surface area contributed by atoms with Crippen molar-refractivity contribution in [1.29, 1.82) is 0 Å². The highest BCUT2D eigenvalue weighted by Crippen LogP contribution is 2.21. The standard InChI is InChI=1S/C20H26F2N4O2S/c1-14(2)19-23-15(3)12-18(24-19)26-10-8-25(9-11-26)13-16-4-6-17(7-5-16)29(27,28)20(21)22/h4-7,12,14,20H,8-11,13H2,1-3H3. The second-order valence-electron chi connectivity index (χ2n) is 7.59. The van der Waals surface area contributed by atoms with Crippen molar-refractivity contribution in [2.24, 2.45) is 0 Å². The first-order valence-corrected chi connectivity index (χ1v) is 11.2. The second kappa shape index (κ2) is 8.71. The number of anilines is 1. The quantitative estimate of drug-likeness (QED) is 0.709. The topological polar surface area (TPSA) is 66.4 Å². The van der Waals surface area contributed by atoms with E-state index in [9.17, 15) is 17.2 Å². The van der Waals surface area contributed by atoms with E-state index in [0.717, 1.165) is 49.1 Å². The van der Waals surface area contributed by atoms with Crippen LogP contribution in [-0.2, 0) is 16.4 Å². The van der Waals surface area contributed by atoms with E-state index in [1.807, 2.05) is 13.0 Å². The molecule has 1 fully saturated rings. The molecule has 0 bridgehead atoms. The molecule has 3 rings (SSSR count). The lowest BCUT2D eigenvalue weighted by molar-refractivity contribution is 0.234. The summed E-state index contributed by atoms with van der Waals surface area (Å²) in [6, 6.07) is 7.72. The van der Waals surface area contributed by atoms with Crippen molar-refractivity contribution in [2.75, 3.05) is 31.1 Å². The average Bonchev–Trinajstić information content (AvgIpc) is 2.68. The molecule has 2 heterocycles. The summed E-state index contributed by atoms with van der Waals surface area (Å²) in [6.07, 6.45) is 0. The number of hydrogen-bond acceptors (Lipinski definition) is 6. The number of alkyl halides is 2. The van der Waals surface area contributed by atoms with E-state index < -0.39 is 15.6 Å². The number of sulfone groups is 1. The Hall–Kier alpha value is -2.13. The minimum Gasteiger partial charge on any atom is -0.354 e. The molecule has 6 nitrogen and oxygen atoms in total. The largest absolute Gasteiger partial charge is 0.354 e. The van der Waals surface area contributed by atoms with Crippen molar-refractivity contribution in [2.45, 2.75) is 43.9 Å². The maximum atomic E-state index is 12.6. The number of aryl methyl sites for hydroxylation is 1. The molecule has 158 valence electrons. The van der Waals surface area contributed by atoms with Crippen LogP contribution in [0, 0.1) is 6.92 Å². The monoisotopic (exact) mass is 424 g/mol. The third-order valence-corrected chi connectivity index (χ3v) is 6.36. The first-order valence-electron chi connectivity index (χ1n) is 9.60. The predicted molar refractivity (Wildman–Crippen MR) is 108 cm³/mol. The molecule has 0 aliphatic carbocycles. The van der Waals surface area contributed by atoms with Gasteiger partial charge in [0.05, 0.1) is 4.90 Å². The number of rotatable bonds is 6. The fourth-order valence-electron chi connectivity index (χ4n) is 3.28. The molecule has 1 aliphatic rings. The Labute approximate surface area is 170 Å². The van der Waals surface area contributed by atoms with Crippen molar-refractivity contribution in [1.82, 2.24) is 14.9 Å². The zero-order chi connectivity index (χ0) is 21.2. The Morgan fingerprint density at radius 1 is 1.03 bits per heavy atom. The maximum absolute atomic E-state index is 12.6. The summed E-state index contributed by atoms with van der Waals surface area (Å²) in [7, 11) is -4.54. The zero-order valence-corrected chi connectivity index (χ0v) is 17.7. The van der Waals surface area contributed by atoms with E-state index in [0.29, 0.717) is 6.54 Å². The van der Waals surface area contributed by atoms with Crippen LogP contribution in [0.25, 0.3) is 0 Å². The van der Waals surface area contributed by atoms with Crippen LogP contribution in [0.3, 0.4) is 0 Å². The highest BCUT2D eigenvalue weighted by molar-refractivity contribution is 7.91. The van der Waals surface area contributed by atoms with Gasteiger partial charge in [-0.25, -0.2) is 18.4 Å². The number of piperazine rings is 1. The van der Waals surface area contributed by atoms with E-state index >= 15 is 0 Å². The van der Waals surface area contributed by atoms with Crippen LogP contribution in [-0.4, -0.2) is 55.2 Å². The molecule has 1 aromatic carbocycles. The van der Waals surface area contributed by atoms with Crippen LogP contribution < -0.4 is 4.90 Å². The Balaban J connectivity index is 1.60. The fourth-order valence-corrected chi connectivity index (χ4v) is 4.00. The fraction of sp³-hybridized carbons (Fsp3) is 0.500. The molecule has 9 heteroatoms. The van der Waals surface area contributed by atoms with Gasteiger partial charge in [0, 0.05) is 50.4 Å². The molecule has 0 unspecified atom stereocenters. The number of nitrogens with zero attached hydrogens (tertiary/aromatic N) is 4. The molecule has 0 N–H and O–H groups in total. The molecular weight excluding hydrogens is 398 g/mol.